The summed E-state index contributed by atoms with van der Waals surface area (Å²) < 4.78 is 4.91. The Morgan fingerprint density at radius 1 is 1.30 bits per heavy atom. The number of hydrogen-bond acceptors (Lipinski definition) is 5. The van der Waals surface area contributed by atoms with Crippen molar-refractivity contribution in [2.45, 2.75) is 32.2 Å². The van der Waals surface area contributed by atoms with Crippen molar-refractivity contribution in [2.75, 3.05) is 53.9 Å². The first kappa shape index (κ1) is 19.7. The molecule has 2 heterocycles. The highest BCUT2D eigenvalue weighted by molar-refractivity contribution is 5.85. The molecule has 0 bridgehead atoms. The van der Waals surface area contributed by atoms with E-state index in [1.165, 1.54) is 0 Å². The largest absolute Gasteiger partial charge is 0.364 e. The third-order valence-corrected chi connectivity index (χ3v) is 5.77. The Balaban J connectivity index is 1.53. The van der Waals surface area contributed by atoms with Crippen molar-refractivity contribution in [3.63, 3.8) is 0 Å². The molecule has 3 rings (SSSR count). The standard InChI is InChI=1S/C19H32N6O2/c1-20-18(21-15-19(7-4-5-8-19)17(26)23(2)3)25-11-9-24(10-12-25)14-16-6-13-27-22-16/h6,13H,4-5,7-12,14-15H2,1-3H3,(H,20,21). The third-order valence-electron chi connectivity index (χ3n) is 5.77. The van der Waals surface area contributed by atoms with Crippen LogP contribution in [0.5, 0.6) is 0 Å². The molecule has 150 valence electrons. The van der Waals surface area contributed by atoms with E-state index in [2.05, 4.69) is 25.3 Å². The van der Waals surface area contributed by atoms with E-state index in [-0.39, 0.29) is 11.3 Å². The van der Waals surface area contributed by atoms with Crippen molar-refractivity contribution in [1.29, 1.82) is 0 Å². The van der Waals surface area contributed by atoms with Crippen molar-refractivity contribution in [3.05, 3.63) is 18.0 Å². The second-order valence-electron chi connectivity index (χ2n) is 7.84. The number of nitrogens with one attached hydrogen (secondary N) is 1. The Bertz CT molecular complexity index is 629. The Labute approximate surface area is 161 Å². The minimum absolute atomic E-state index is 0.236. The lowest BCUT2D eigenvalue weighted by Crippen LogP contribution is -2.54. The molecular weight excluding hydrogens is 344 g/mol. The van der Waals surface area contributed by atoms with E-state index >= 15 is 0 Å². The van der Waals surface area contributed by atoms with Gasteiger partial charge in [0.05, 0.1) is 11.1 Å². The Morgan fingerprint density at radius 3 is 2.56 bits per heavy atom. The normalized spacial score (nSPS) is 20.7. The molecule has 0 spiro atoms. The molecule has 2 aliphatic rings. The minimum atomic E-state index is -0.284. The Morgan fingerprint density at radius 2 is 2.00 bits per heavy atom. The van der Waals surface area contributed by atoms with Gasteiger partial charge in [-0.05, 0) is 12.8 Å². The summed E-state index contributed by atoms with van der Waals surface area (Å²) in [5, 5.41) is 7.49. The molecule has 0 atom stereocenters. The molecule has 1 aliphatic heterocycles. The monoisotopic (exact) mass is 376 g/mol. The summed E-state index contributed by atoms with van der Waals surface area (Å²) in [6, 6.07) is 1.91. The maximum absolute atomic E-state index is 12.8. The van der Waals surface area contributed by atoms with Gasteiger partial charge in [-0.25, -0.2) is 0 Å². The van der Waals surface area contributed by atoms with Crippen LogP contribution in [0.15, 0.2) is 21.8 Å². The molecule has 1 aromatic rings. The first-order valence-electron chi connectivity index (χ1n) is 9.83. The number of hydrogen-bond donors (Lipinski definition) is 1. The van der Waals surface area contributed by atoms with Crippen molar-refractivity contribution in [3.8, 4) is 0 Å². The van der Waals surface area contributed by atoms with Crippen molar-refractivity contribution in [2.24, 2.45) is 10.4 Å². The van der Waals surface area contributed by atoms with Gasteiger partial charge < -0.3 is 19.6 Å². The van der Waals surface area contributed by atoms with Crippen LogP contribution in [-0.4, -0.2) is 85.6 Å². The van der Waals surface area contributed by atoms with Gasteiger partial charge in [-0.3, -0.25) is 14.7 Å². The van der Waals surface area contributed by atoms with Crippen LogP contribution in [0.3, 0.4) is 0 Å². The van der Waals surface area contributed by atoms with E-state index < -0.39 is 0 Å². The lowest BCUT2D eigenvalue weighted by molar-refractivity contribution is -0.138. The maximum atomic E-state index is 12.8. The molecule has 2 fully saturated rings. The van der Waals surface area contributed by atoms with Gasteiger partial charge in [0.15, 0.2) is 5.96 Å². The molecule has 27 heavy (non-hydrogen) atoms. The number of guanidine groups is 1. The highest BCUT2D eigenvalue weighted by Gasteiger charge is 2.42. The Hall–Kier alpha value is -2.09. The average Bonchev–Trinajstić information content (AvgIpc) is 3.35. The fraction of sp³-hybridized carbons (Fsp3) is 0.737. The second kappa shape index (κ2) is 8.73. The molecule has 8 heteroatoms. The maximum Gasteiger partial charge on any atom is 0.230 e. The molecule has 0 aromatic carbocycles. The van der Waals surface area contributed by atoms with E-state index in [4.69, 9.17) is 4.52 Å². The Kier molecular flexibility index (Phi) is 6.36. The summed E-state index contributed by atoms with van der Waals surface area (Å²) in [7, 11) is 5.52. The van der Waals surface area contributed by atoms with E-state index in [0.29, 0.717) is 6.54 Å². The summed E-state index contributed by atoms with van der Waals surface area (Å²) in [5.74, 6) is 1.13. The van der Waals surface area contributed by atoms with E-state index in [0.717, 1.165) is 70.1 Å². The van der Waals surface area contributed by atoms with Crippen LogP contribution < -0.4 is 5.32 Å². The van der Waals surface area contributed by atoms with E-state index in [9.17, 15) is 4.79 Å². The van der Waals surface area contributed by atoms with E-state index in [1.54, 1.807) is 11.2 Å². The molecular formula is C19H32N6O2. The van der Waals surface area contributed by atoms with Crippen LogP contribution >= 0.6 is 0 Å². The molecule has 1 aliphatic carbocycles. The second-order valence-corrected chi connectivity index (χ2v) is 7.84. The quantitative estimate of drug-likeness (QED) is 0.611. The first-order chi connectivity index (χ1) is 13.0. The summed E-state index contributed by atoms with van der Waals surface area (Å²) in [5.41, 5.74) is 0.685. The highest BCUT2D eigenvalue weighted by Crippen LogP contribution is 2.38. The zero-order valence-electron chi connectivity index (χ0n) is 16.8. The fourth-order valence-electron chi connectivity index (χ4n) is 4.24. The lowest BCUT2D eigenvalue weighted by Gasteiger charge is -2.38. The number of nitrogens with zero attached hydrogens (tertiary/aromatic N) is 5. The average molecular weight is 377 g/mol. The van der Waals surface area contributed by atoms with Gasteiger partial charge in [0.1, 0.15) is 6.26 Å². The number of piperazine rings is 1. The molecule has 0 radical (unpaired) electrons. The van der Waals surface area contributed by atoms with Crippen LogP contribution in [0.1, 0.15) is 31.4 Å². The fourth-order valence-corrected chi connectivity index (χ4v) is 4.24. The number of rotatable bonds is 5. The third kappa shape index (κ3) is 4.61. The minimum Gasteiger partial charge on any atom is -0.364 e. The first-order valence-corrected chi connectivity index (χ1v) is 9.83. The summed E-state index contributed by atoms with van der Waals surface area (Å²) in [6.45, 7) is 5.20. The number of aromatic nitrogens is 1. The molecule has 1 saturated heterocycles. The number of carbonyl (C=O) groups is 1. The van der Waals surface area contributed by atoms with Gasteiger partial charge >= 0.3 is 0 Å². The van der Waals surface area contributed by atoms with Gasteiger partial charge in [-0.15, -0.1) is 0 Å². The van der Waals surface area contributed by atoms with Crippen LogP contribution in [0.4, 0.5) is 0 Å². The van der Waals surface area contributed by atoms with Crippen LogP contribution in [0.25, 0.3) is 0 Å². The SMILES string of the molecule is CN=C(NCC1(C(=O)N(C)C)CCCC1)N1CCN(Cc2ccon2)CC1. The predicted octanol–water partition coefficient (Wildman–Crippen LogP) is 1.02. The van der Waals surface area contributed by atoms with Gasteiger partial charge in [0, 0.05) is 66.5 Å². The topological polar surface area (TPSA) is 77.2 Å². The summed E-state index contributed by atoms with van der Waals surface area (Å²) >= 11 is 0. The van der Waals surface area contributed by atoms with Gasteiger partial charge in [-0.2, -0.15) is 0 Å². The molecule has 1 N–H and O–H groups in total. The summed E-state index contributed by atoms with van der Waals surface area (Å²) in [4.78, 5) is 23.6. The predicted molar refractivity (Wildman–Crippen MR) is 104 cm³/mol. The van der Waals surface area contributed by atoms with Crippen molar-refractivity contribution < 1.29 is 9.32 Å². The lowest BCUT2D eigenvalue weighted by atomic mass is 9.84. The summed E-state index contributed by atoms with van der Waals surface area (Å²) in [6.07, 6.45) is 5.78. The smallest absolute Gasteiger partial charge is 0.230 e. The van der Waals surface area contributed by atoms with Gasteiger partial charge in [-0.1, -0.05) is 18.0 Å². The number of aliphatic imine (C=N–C) groups is 1. The molecule has 1 aromatic heterocycles. The van der Waals surface area contributed by atoms with Crippen molar-refractivity contribution >= 4 is 11.9 Å². The van der Waals surface area contributed by atoms with Crippen molar-refractivity contribution in [1.82, 2.24) is 25.2 Å². The molecule has 0 unspecified atom stereocenters. The zero-order valence-corrected chi connectivity index (χ0v) is 16.8. The van der Waals surface area contributed by atoms with Crippen LogP contribution in [0, 0.1) is 5.41 Å². The number of amides is 1. The van der Waals surface area contributed by atoms with E-state index in [1.807, 2.05) is 27.2 Å². The number of carbonyl (C=O) groups excluding carboxylic acids is 1. The molecule has 1 amide bonds. The van der Waals surface area contributed by atoms with Gasteiger partial charge in [0.2, 0.25) is 5.91 Å². The van der Waals surface area contributed by atoms with Crippen LogP contribution in [-0.2, 0) is 11.3 Å². The van der Waals surface area contributed by atoms with Gasteiger partial charge in [0.25, 0.3) is 0 Å². The zero-order chi connectivity index (χ0) is 19.3. The van der Waals surface area contributed by atoms with Crippen LogP contribution in [0.2, 0.25) is 0 Å². The molecule has 1 saturated carbocycles. The molecule has 8 nitrogen and oxygen atoms in total. The highest BCUT2D eigenvalue weighted by atomic mass is 16.5.